The number of carbonyl (C=O) groups excluding carboxylic acids is 1. The molecule has 2 aromatic rings. The quantitative estimate of drug-likeness (QED) is 0.625. The number of phenolic OH excluding ortho intramolecular Hbond substituents is 1. The Labute approximate surface area is 68.6 Å². The van der Waals surface area contributed by atoms with E-state index in [0.717, 1.165) is 5.39 Å². The molecule has 0 amide bonds. The van der Waals surface area contributed by atoms with Gasteiger partial charge in [-0.05, 0) is 12.1 Å². The number of hydrogen-bond donors (Lipinski definition) is 2. The first-order chi connectivity index (χ1) is 5.83. The minimum Gasteiger partial charge on any atom is -0.505 e. The Hall–Kier alpha value is -1.77. The van der Waals surface area contributed by atoms with Crippen LogP contribution in [0.25, 0.3) is 10.9 Å². The summed E-state index contributed by atoms with van der Waals surface area (Å²) in [6.07, 6.45) is 2.36. The molecule has 1 aromatic carbocycles. The van der Waals surface area contributed by atoms with E-state index in [1.807, 2.05) is 6.07 Å². The summed E-state index contributed by atoms with van der Waals surface area (Å²) in [5.74, 6) is 0.0208. The molecule has 1 heterocycles. The zero-order chi connectivity index (χ0) is 8.55. The number of nitrogens with one attached hydrogen (secondary N) is 1. The predicted octanol–water partition coefficient (Wildman–Crippen LogP) is 1.69. The highest BCUT2D eigenvalue weighted by atomic mass is 16.3. The summed E-state index contributed by atoms with van der Waals surface area (Å²) in [5, 5.41) is 10.4. The minimum absolute atomic E-state index is 0.0208. The lowest BCUT2D eigenvalue weighted by Gasteiger charge is -1.97. The second-order valence-electron chi connectivity index (χ2n) is 2.56. The van der Waals surface area contributed by atoms with Crippen molar-refractivity contribution in [3.05, 3.63) is 30.0 Å². The third-order valence-corrected chi connectivity index (χ3v) is 1.86. The highest BCUT2D eigenvalue weighted by Crippen LogP contribution is 2.25. The standard InChI is InChI=1S/C9H7NO2/c11-5-7-2-1-6-3-4-10-8(6)9(7)12/h1-5,10,12H. The van der Waals surface area contributed by atoms with Crippen LogP contribution >= 0.6 is 0 Å². The maximum atomic E-state index is 10.4. The van der Waals surface area contributed by atoms with Gasteiger partial charge in [-0.15, -0.1) is 0 Å². The van der Waals surface area contributed by atoms with Crippen LogP contribution in [0, 0.1) is 0 Å². The van der Waals surface area contributed by atoms with E-state index >= 15 is 0 Å². The number of H-pyrrole nitrogens is 1. The first kappa shape index (κ1) is 6.91. The van der Waals surface area contributed by atoms with Crippen LogP contribution < -0.4 is 0 Å². The van der Waals surface area contributed by atoms with Crippen molar-refractivity contribution in [3.63, 3.8) is 0 Å². The molecule has 0 aliphatic heterocycles. The summed E-state index contributed by atoms with van der Waals surface area (Å²) < 4.78 is 0. The second kappa shape index (κ2) is 2.37. The van der Waals surface area contributed by atoms with Crippen molar-refractivity contribution >= 4 is 17.2 Å². The number of carbonyl (C=O) groups is 1. The van der Waals surface area contributed by atoms with Gasteiger partial charge in [0.15, 0.2) is 6.29 Å². The van der Waals surface area contributed by atoms with E-state index in [1.165, 1.54) is 0 Å². The van der Waals surface area contributed by atoms with Gasteiger partial charge in [-0.2, -0.15) is 0 Å². The predicted molar refractivity (Wildman–Crippen MR) is 45.4 cm³/mol. The number of benzene rings is 1. The van der Waals surface area contributed by atoms with Gasteiger partial charge in [0, 0.05) is 11.6 Å². The molecular formula is C9H7NO2. The molecular weight excluding hydrogens is 154 g/mol. The van der Waals surface area contributed by atoms with Gasteiger partial charge >= 0.3 is 0 Å². The molecule has 60 valence electrons. The minimum atomic E-state index is 0.0208. The summed E-state index contributed by atoms with van der Waals surface area (Å²) in [6.45, 7) is 0. The Bertz CT molecular complexity index is 431. The van der Waals surface area contributed by atoms with E-state index in [0.29, 0.717) is 17.4 Å². The van der Waals surface area contributed by atoms with Crippen molar-refractivity contribution in [1.82, 2.24) is 4.98 Å². The molecule has 3 nitrogen and oxygen atoms in total. The Balaban J connectivity index is 2.86. The summed E-state index contributed by atoms with van der Waals surface area (Å²) in [5.41, 5.74) is 0.921. The highest BCUT2D eigenvalue weighted by molar-refractivity contribution is 5.93. The highest BCUT2D eigenvalue weighted by Gasteiger charge is 2.04. The normalized spacial score (nSPS) is 10.3. The number of aldehydes is 1. The zero-order valence-corrected chi connectivity index (χ0v) is 6.24. The largest absolute Gasteiger partial charge is 0.505 e. The number of aromatic hydroxyl groups is 1. The molecule has 0 unspecified atom stereocenters. The molecule has 0 bridgehead atoms. The number of hydrogen-bond acceptors (Lipinski definition) is 2. The van der Waals surface area contributed by atoms with Crippen LogP contribution in [-0.2, 0) is 0 Å². The molecule has 0 aliphatic carbocycles. The van der Waals surface area contributed by atoms with Gasteiger partial charge in [0.2, 0.25) is 0 Å². The number of aromatic amines is 1. The summed E-state index contributed by atoms with van der Waals surface area (Å²) in [4.78, 5) is 13.3. The van der Waals surface area contributed by atoms with Crippen molar-refractivity contribution < 1.29 is 9.90 Å². The van der Waals surface area contributed by atoms with Crippen molar-refractivity contribution in [2.45, 2.75) is 0 Å². The van der Waals surface area contributed by atoms with Crippen molar-refractivity contribution in [2.75, 3.05) is 0 Å². The van der Waals surface area contributed by atoms with Gasteiger partial charge in [-0.1, -0.05) is 6.07 Å². The Morgan fingerprint density at radius 1 is 1.33 bits per heavy atom. The lowest BCUT2D eigenvalue weighted by atomic mass is 10.1. The molecule has 1 aromatic heterocycles. The van der Waals surface area contributed by atoms with E-state index < -0.39 is 0 Å². The van der Waals surface area contributed by atoms with Crippen molar-refractivity contribution in [2.24, 2.45) is 0 Å². The molecule has 2 rings (SSSR count). The van der Waals surface area contributed by atoms with E-state index in [4.69, 9.17) is 0 Å². The average Bonchev–Trinajstić information content (AvgIpc) is 2.53. The smallest absolute Gasteiger partial charge is 0.153 e. The zero-order valence-electron chi connectivity index (χ0n) is 6.24. The van der Waals surface area contributed by atoms with Gasteiger partial charge in [0.05, 0.1) is 11.1 Å². The molecule has 0 saturated carbocycles. The third kappa shape index (κ3) is 0.797. The maximum Gasteiger partial charge on any atom is 0.153 e. The molecule has 0 aliphatic rings. The van der Waals surface area contributed by atoms with Crippen molar-refractivity contribution in [1.29, 1.82) is 0 Å². The number of aromatic nitrogens is 1. The van der Waals surface area contributed by atoms with Crippen LogP contribution in [0.5, 0.6) is 5.75 Å². The van der Waals surface area contributed by atoms with Gasteiger partial charge in [-0.3, -0.25) is 4.79 Å². The van der Waals surface area contributed by atoms with Crippen LogP contribution in [0.1, 0.15) is 10.4 Å². The third-order valence-electron chi connectivity index (χ3n) is 1.86. The number of fused-ring (bicyclic) bond motifs is 1. The SMILES string of the molecule is O=Cc1ccc2cc[nH]c2c1O. The lowest BCUT2D eigenvalue weighted by Crippen LogP contribution is -1.81. The molecule has 0 saturated heterocycles. The van der Waals surface area contributed by atoms with Gasteiger partial charge in [-0.25, -0.2) is 0 Å². The van der Waals surface area contributed by atoms with E-state index in [1.54, 1.807) is 18.3 Å². The Morgan fingerprint density at radius 2 is 2.17 bits per heavy atom. The number of phenols is 1. The van der Waals surface area contributed by atoms with Crippen LogP contribution in [0.15, 0.2) is 24.4 Å². The molecule has 3 heteroatoms. The molecule has 0 fully saturated rings. The van der Waals surface area contributed by atoms with Crippen LogP contribution in [-0.4, -0.2) is 16.4 Å². The summed E-state index contributed by atoms with van der Waals surface area (Å²) >= 11 is 0. The summed E-state index contributed by atoms with van der Waals surface area (Å²) in [7, 11) is 0. The van der Waals surface area contributed by atoms with Crippen molar-refractivity contribution in [3.8, 4) is 5.75 Å². The second-order valence-corrected chi connectivity index (χ2v) is 2.56. The van der Waals surface area contributed by atoms with Crippen LogP contribution in [0.2, 0.25) is 0 Å². The fraction of sp³-hybridized carbons (Fsp3) is 0. The topological polar surface area (TPSA) is 53.1 Å². The molecule has 0 spiro atoms. The van der Waals surface area contributed by atoms with Crippen LogP contribution in [0.4, 0.5) is 0 Å². The average molecular weight is 161 g/mol. The maximum absolute atomic E-state index is 10.4. The summed E-state index contributed by atoms with van der Waals surface area (Å²) in [6, 6.07) is 5.22. The molecule has 12 heavy (non-hydrogen) atoms. The molecule has 0 atom stereocenters. The fourth-order valence-corrected chi connectivity index (χ4v) is 1.22. The fourth-order valence-electron chi connectivity index (χ4n) is 1.22. The number of rotatable bonds is 1. The monoisotopic (exact) mass is 161 g/mol. The Kier molecular flexibility index (Phi) is 1.37. The van der Waals surface area contributed by atoms with Gasteiger partial charge in [0.1, 0.15) is 5.75 Å². The molecule has 2 N–H and O–H groups in total. The first-order valence-corrected chi connectivity index (χ1v) is 3.57. The van der Waals surface area contributed by atoms with Crippen LogP contribution in [0.3, 0.4) is 0 Å². The lowest BCUT2D eigenvalue weighted by molar-refractivity contribution is 0.112. The van der Waals surface area contributed by atoms with E-state index in [9.17, 15) is 9.90 Å². The van der Waals surface area contributed by atoms with Gasteiger partial charge in [0.25, 0.3) is 0 Å². The first-order valence-electron chi connectivity index (χ1n) is 3.57. The van der Waals surface area contributed by atoms with E-state index in [-0.39, 0.29) is 5.75 Å². The Morgan fingerprint density at radius 3 is 2.92 bits per heavy atom. The van der Waals surface area contributed by atoms with E-state index in [2.05, 4.69) is 4.98 Å². The molecule has 0 radical (unpaired) electrons. The van der Waals surface area contributed by atoms with Gasteiger partial charge < -0.3 is 10.1 Å².